The second kappa shape index (κ2) is 5.28. The van der Waals surface area contributed by atoms with E-state index in [1.54, 1.807) is 6.21 Å². The Morgan fingerprint density at radius 2 is 1.76 bits per heavy atom. The van der Waals surface area contributed by atoms with Crippen LogP contribution in [-0.4, -0.2) is 12.1 Å². The van der Waals surface area contributed by atoms with E-state index in [2.05, 4.69) is 50.7 Å². The van der Waals surface area contributed by atoms with Crippen molar-refractivity contribution in [3.63, 3.8) is 0 Å². The summed E-state index contributed by atoms with van der Waals surface area (Å²) in [6.07, 6.45) is 5.29. The molecular formula is C21H19BrN2O. The first-order chi connectivity index (χ1) is 12.2. The van der Waals surface area contributed by atoms with Gasteiger partial charge in [0, 0.05) is 9.89 Å². The number of nitrogens with one attached hydrogen (secondary N) is 1. The van der Waals surface area contributed by atoms with Gasteiger partial charge in [0.05, 0.1) is 11.6 Å². The highest BCUT2D eigenvalue weighted by Gasteiger charge is 3.01. The van der Waals surface area contributed by atoms with Crippen LogP contribution in [0, 0.1) is 17.3 Å². The minimum absolute atomic E-state index is 0.101. The Labute approximate surface area is 155 Å². The van der Waals surface area contributed by atoms with Gasteiger partial charge in [-0.2, -0.15) is 5.10 Å². The minimum atomic E-state index is -0.191. The van der Waals surface area contributed by atoms with Crippen molar-refractivity contribution in [3.8, 4) is 0 Å². The maximum absolute atomic E-state index is 13.0. The maximum Gasteiger partial charge on any atom is 0.247 e. The largest absolute Gasteiger partial charge is 0.272 e. The number of benzene rings is 2. The Morgan fingerprint density at radius 1 is 1.08 bits per heavy atom. The molecule has 0 aliphatic heterocycles. The third-order valence-corrected chi connectivity index (χ3v) is 7.11. The summed E-state index contributed by atoms with van der Waals surface area (Å²) in [4.78, 5) is 13.0. The monoisotopic (exact) mass is 394 g/mol. The topological polar surface area (TPSA) is 41.5 Å². The maximum atomic E-state index is 13.0. The molecule has 3 aliphatic carbocycles. The molecule has 4 heteroatoms. The summed E-state index contributed by atoms with van der Waals surface area (Å²) >= 11 is 3.42. The second-order valence-electron chi connectivity index (χ2n) is 7.39. The van der Waals surface area contributed by atoms with Gasteiger partial charge in [-0.05, 0) is 47.9 Å². The van der Waals surface area contributed by atoms with Crippen LogP contribution in [0.15, 0.2) is 64.2 Å². The minimum Gasteiger partial charge on any atom is -0.272 e. The number of carbonyl (C=O) groups excluding carboxylic acids is 1. The van der Waals surface area contributed by atoms with Crippen molar-refractivity contribution < 1.29 is 4.79 Å². The Hall–Kier alpha value is -1.94. The van der Waals surface area contributed by atoms with E-state index in [1.807, 2.05) is 30.3 Å². The van der Waals surface area contributed by atoms with Crippen LogP contribution in [-0.2, 0) is 10.2 Å². The quantitative estimate of drug-likeness (QED) is 0.610. The molecule has 2 aromatic carbocycles. The number of fused-ring (bicyclic) bond motifs is 2. The summed E-state index contributed by atoms with van der Waals surface area (Å²) in [5.41, 5.74) is 5.06. The molecule has 0 bridgehead atoms. The van der Waals surface area contributed by atoms with E-state index >= 15 is 0 Å². The lowest BCUT2D eigenvalue weighted by Crippen LogP contribution is -2.31. The number of halogens is 1. The number of nitrogens with zero attached hydrogens (tertiary/aromatic N) is 1. The molecule has 1 amide bonds. The highest BCUT2D eigenvalue weighted by molar-refractivity contribution is 9.10. The van der Waals surface area contributed by atoms with E-state index in [0.717, 1.165) is 22.9 Å². The van der Waals surface area contributed by atoms with Crippen LogP contribution in [0.2, 0.25) is 0 Å². The van der Waals surface area contributed by atoms with E-state index in [1.165, 1.54) is 12.0 Å². The molecule has 0 spiro atoms. The first-order valence-electron chi connectivity index (χ1n) is 8.87. The number of hydrogen-bond donors (Lipinski definition) is 1. The summed E-state index contributed by atoms with van der Waals surface area (Å²) in [6, 6.07) is 18.5. The lowest BCUT2D eigenvalue weighted by atomic mass is 9.77. The molecular weight excluding hydrogens is 376 g/mol. The number of hydrogen-bond acceptors (Lipinski definition) is 2. The van der Waals surface area contributed by atoms with E-state index in [9.17, 15) is 4.79 Å². The first-order valence-corrected chi connectivity index (χ1v) is 9.66. The van der Waals surface area contributed by atoms with Gasteiger partial charge in [0.2, 0.25) is 5.91 Å². The second-order valence-corrected chi connectivity index (χ2v) is 8.31. The predicted octanol–water partition coefficient (Wildman–Crippen LogP) is 4.27. The van der Waals surface area contributed by atoms with Gasteiger partial charge in [-0.3, -0.25) is 4.79 Å². The number of carbonyl (C=O) groups is 1. The van der Waals surface area contributed by atoms with E-state index in [0.29, 0.717) is 11.8 Å². The Morgan fingerprint density at radius 3 is 2.44 bits per heavy atom. The van der Waals surface area contributed by atoms with Crippen molar-refractivity contribution in [3.05, 3.63) is 70.2 Å². The Kier molecular flexibility index (Phi) is 3.23. The van der Waals surface area contributed by atoms with Gasteiger partial charge in [0.1, 0.15) is 0 Å². The number of rotatable bonds is 4. The molecule has 0 saturated heterocycles. The molecule has 0 radical (unpaired) electrons. The summed E-state index contributed by atoms with van der Waals surface area (Å²) in [5, 5.41) is 4.22. The van der Waals surface area contributed by atoms with Gasteiger partial charge >= 0.3 is 0 Å². The lowest BCUT2D eigenvalue weighted by molar-refractivity contribution is -0.126. The molecule has 25 heavy (non-hydrogen) atoms. The van der Waals surface area contributed by atoms with Crippen LogP contribution < -0.4 is 5.43 Å². The van der Waals surface area contributed by atoms with Crippen molar-refractivity contribution in [1.29, 1.82) is 0 Å². The fraction of sp³-hybridized carbons (Fsp3) is 0.333. The number of amides is 1. The van der Waals surface area contributed by atoms with Crippen molar-refractivity contribution >= 4 is 28.1 Å². The van der Waals surface area contributed by atoms with Gasteiger partial charge in [-0.25, -0.2) is 5.43 Å². The highest BCUT2D eigenvalue weighted by Crippen LogP contribution is 2.97. The molecule has 3 saturated carbocycles. The third-order valence-electron chi connectivity index (χ3n) is 6.58. The molecule has 3 nitrogen and oxygen atoms in total. The molecule has 2 atom stereocenters. The third kappa shape index (κ3) is 1.86. The van der Waals surface area contributed by atoms with Crippen molar-refractivity contribution in [2.24, 2.45) is 22.4 Å². The fourth-order valence-corrected chi connectivity index (χ4v) is 5.96. The molecule has 2 unspecified atom stereocenters. The SMILES string of the molecule is O=C(N/N=C\c1ccc(Br)cc1)C12C3CCCC1C32c1ccccc1. The van der Waals surface area contributed by atoms with Crippen molar-refractivity contribution in [2.45, 2.75) is 24.7 Å². The van der Waals surface area contributed by atoms with Crippen LogP contribution in [0.3, 0.4) is 0 Å². The highest BCUT2D eigenvalue weighted by atomic mass is 79.9. The summed E-state index contributed by atoms with van der Waals surface area (Å²) in [5.74, 6) is 1.12. The van der Waals surface area contributed by atoms with Crippen molar-refractivity contribution in [2.75, 3.05) is 0 Å². The Balaban J connectivity index is 1.35. The zero-order valence-electron chi connectivity index (χ0n) is 13.8. The van der Waals surface area contributed by atoms with Gasteiger partial charge < -0.3 is 0 Å². The standard InChI is InChI=1S/C21H19BrN2O/c22-16-11-9-14(10-12-16)13-23-24-19(25)21-17-7-4-8-18(21)20(17,21)15-5-2-1-3-6-15/h1-3,5-6,9-13,17-18H,4,7-8H2,(H,24,25)/b23-13-. The zero-order chi connectivity index (χ0) is 17.1. The van der Waals surface area contributed by atoms with Gasteiger partial charge in [-0.1, -0.05) is 64.8 Å². The smallest absolute Gasteiger partial charge is 0.247 e. The first kappa shape index (κ1) is 15.3. The number of hydrazone groups is 1. The normalized spacial score (nSPS) is 34.4. The van der Waals surface area contributed by atoms with E-state index < -0.39 is 0 Å². The molecule has 2 aromatic rings. The van der Waals surface area contributed by atoms with Gasteiger partial charge in [0.25, 0.3) is 0 Å². The molecule has 3 fully saturated rings. The molecule has 3 aliphatic rings. The molecule has 0 heterocycles. The summed E-state index contributed by atoms with van der Waals surface area (Å²) in [6.45, 7) is 0. The average molecular weight is 395 g/mol. The van der Waals surface area contributed by atoms with Crippen molar-refractivity contribution in [1.82, 2.24) is 5.43 Å². The molecule has 0 aromatic heterocycles. The van der Waals surface area contributed by atoms with Crippen LogP contribution in [0.5, 0.6) is 0 Å². The van der Waals surface area contributed by atoms with Crippen LogP contribution >= 0.6 is 15.9 Å². The van der Waals surface area contributed by atoms with Gasteiger partial charge in [-0.15, -0.1) is 0 Å². The average Bonchev–Trinajstić information content (AvgIpc) is 3.51. The summed E-state index contributed by atoms with van der Waals surface area (Å²) < 4.78 is 1.03. The van der Waals surface area contributed by atoms with Crippen LogP contribution in [0.25, 0.3) is 0 Å². The fourth-order valence-electron chi connectivity index (χ4n) is 5.70. The Bertz CT molecular complexity index is 847. The van der Waals surface area contributed by atoms with E-state index in [4.69, 9.17) is 0 Å². The summed E-state index contributed by atoms with van der Waals surface area (Å²) in [7, 11) is 0. The zero-order valence-corrected chi connectivity index (χ0v) is 15.4. The molecule has 126 valence electrons. The van der Waals surface area contributed by atoms with Gasteiger partial charge in [0.15, 0.2) is 0 Å². The van der Waals surface area contributed by atoms with E-state index in [-0.39, 0.29) is 16.7 Å². The molecule has 1 N–H and O–H groups in total. The van der Waals surface area contributed by atoms with Crippen LogP contribution in [0.1, 0.15) is 30.4 Å². The molecule has 5 rings (SSSR count). The lowest BCUT2D eigenvalue weighted by Gasteiger charge is -2.27. The van der Waals surface area contributed by atoms with Crippen LogP contribution in [0.4, 0.5) is 0 Å². The predicted molar refractivity (Wildman–Crippen MR) is 101 cm³/mol.